The zero-order valence-corrected chi connectivity index (χ0v) is 9.17. The van der Waals surface area contributed by atoms with Crippen molar-refractivity contribution < 1.29 is 9.90 Å². The molecule has 0 radical (unpaired) electrons. The molecule has 1 N–H and O–H groups in total. The van der Waals surface area contributed by atoms with E-state index in [0.717, 1.165) is 24.2 Å². The van der Waals surface area contributed by atoms with Crippen LogP contribution < -0.4 is 0 Å². The van der Waals surface area contributed by atoms with Gasteiger partial charge in [-0.1, -0.05) is 6.07 Å². The Morgan fingerprint density at radius 3 is 3.07 bits per heavy atom. The third kappa shape index (κ3) is 2.15. The summed E-state index contributed by atoms with van der Waals surface area (Å²) < 4.78 is -0.608. The Morgan fingerprint density at radius 1 is 1.67 bits per heavy atom. The summed E-state index contributed by atoms with van der Waals surface area (Å²) in [5.41, 5.74) is 1.01. The van der Waals surface area contributed by atoms with Crippen LogP contribution in [0.3, 0.4) is 0 Å². The number of hydrogen-bond donors (Lipinski definition) is 1. The minimum Gasteiger partial charge on any atom is -0.480 e. The Morgan fingerprint density at radius 2 is 2.53 bits per heavy atom. The van der Waals surface area contributed by atoms with Crippen LogP contribution in [0.15, 0.2) is 24.5 Å². The predicted molar refractivity (Wildman–Crippen MR) is 60.0 cm³/mol. The largest absolute Gasteiger partial charge is 0.480 e. The van der Waals surface area contributed by atoms with E-state index < -0.39 is 10.7 Å². The van der Waals surface area contributed by atoms with Gasteiger partial charge in [-0.05, 0) is 36.6 Å². The standard InChI is InChI=1S/C11H13NO2S/c13-10(14)11(4-2-6-15-11)7-9-3-1-5-12-8-9/h1,3,5,8H,2,4,6-7H2,(H,13,14). The predicted octanol–water partition coefficient (Wildman–Crippen LogP) is 1.97. The minimum absolute atomic E-state index is 0.584. The van der Waals surface area contributed by atoms with Crippen molar-refractivity contribution in [3.63, 3.8) is 0 Å². The van der Waals surface area contributed by atoms with Crippen LogP contribution in [-0.2, 0) is 11.2 Å². The highest BCUT2D eigenvalue weighted by Crippen LogP contribution is 2.40. The van der Waals surface area contributed by atoms with Gasteiger partial charge in [0.05, 0.1) is 0 Å². The molecule has 0 amide bonds. The number of aliphatic carboxylic acids is 1. The van der Waals surface area contributed by atoms with Crippen molar-refractivity contribution in [3.05, 3.63) is 30.1 Å². The molecule has 80 valence electrons. The lowest BCUT2D eigenvalue weighted by Crippen LogP contribution is -2.34. The number of carboxylic acid groups (broad SMARTS) is 1. The number of carbonyl (C=O) groups is 1. The summed E-state index contributed by atoms with van der Waals surface area (Å²) in [4.78, 5) is 15.3. The monoisotopic (exact) mass is 223 g/mol. The quantitative estimate of drug-likeness (QED) is 0.851. The zero-order valence-electron chi connectivity index (χ0n) is 8.35. The number of nitrogens with zero attached hydrogens (tertiary/aromatic N) is 1. The third-order valence-corrected chi connectivity index (χ3v) is 4.27. The fraction of sp³-hybridized carbons (Fsp3) is 0.455. The van der Waals surface area contributed by atoms with Crippen molar-refractivity contribution in [2.75, 3.05) is 5.75 Å². The van der Waals surface area contributed by atoms with Gasteiger partial charge in [-0.15, -0.1) is 11.8 Å². The van der Waals surface area contributed by atoms with E-state index in [0.29, 0.717) is 6.42 Å². The summed E-state index contributed by atoms with van der Waals surface area (Å²) in [6, 6.07) is 3.79. The van der Waals surface area contributed by atoms with Gasteiger partial charge in [-0.25, -0.2) is 0 Å². The van der Waals surface area contributed by atoms with Crippen LogP contribution in [0.25, 0.3) is 0 Å². The molecular weight excluding hydrogens is 210 g/mol. The number of carboxylic acids is 1. The van der Waals surface area contributed by atoms with Crippen molar-refractivity contribution in [2.24, 2.45) is 0 Å². The molecule has 2 rings (SSSR count). The van der Waals surface area contributed by atoms with Gasteiger partial charge >= 0.3 is 5.97 Å². The van der Waals surface area contributed by atoms with E-state index in [1.165, 1.54) is 0 Å². The van der Waals surface area contributed by atoms with Gasteiger partial charge in [0.25, 0.3) is 0 Å². The maximum atomic E-state index is 11.3. The van der Waals surface area contributed by atoms with Crippen LogP contribution >= 0.6 is 11.8 Å². The first kappa shape index (κ1) is 10.5. The molecule has 2 heterocycles. The first-order chi connectivity index (χ1) is 7.23. The van der Waals surface area contributed by atoms with Crippen LogP contribution in [0.5, 0.6) is 0 Å². The first-order valence-corrected chi connectivity index (χ1v) is 5.98. The molecule has 1 unspecified atom stereocenters. The zero-order chi connectivity index (χ0) is 10.7. The van der Waals surface area contributed by atoms with E-state index >= 15 is 0 Å². The normalized spacial score (nSPS) is 25.3. The van der Waals surface area contributed by atoms with E-state index in [-0.39, 0.29) is 0 Å². The Balaban J connectivity index is 2.18. The van der Waals surface area contributed by atoms with E-state index in [1.54, 1.807) is 24.2 Å². The van der Waals surface area contributed by atoms with Gasteiger partial charge in [0, 0.05) is 12.4 Å². The van der Waals surface area contributed by atoms with Gasteiger partial charge < -0.3 is 5.11 Å². The molecule has 15 heavy (non-hydrogen) atoms. The summed E-state index contributed by atoms with van der Waals surface area (Å²) in [6.07, 6.45) is 5.81. The fourth-order valence-corrected chi connectivity index (χ4v) is 3.27. The Labute approximate surface area is 92.9 Å². The summed E-state index contributed by atoms with van der Waals surface area (Å²) >= 11 is 1.57. The second-order valence-corrected chi connectivity index (χ2v) is 5.27. The van der Waals surface area contributed by atoms with Crippen molar-refractivity contribution in [3.8, 4) is 0 Å². The SMILES string of the molecule is O=C(O)C1(Cc2cccnc2)CCCS1. The molecule has 1 aromatic rings. The molecule has 3 nitrogen and oxygen atoms in total. The van der Waals surface area contributed by atoms with E-state index in [9.17, 15) is 9.90 Å². The number of pyridine rings is 1. The lowest BCUT2D eigenvalue weighted by molar-refractivity contribution is -0.139. The van der Waals surface area contributed by atoms with Gasteiger partial charge in [-0.3, -0.25) is 9.78 Å². The molecule has 1 fully saturated rings. The summed E-state index contributed by atoms with van der Waals surface area (Å²) in [6.45, 7) is 0. The Bertz CT molecular complexity index is 347. The molecule has 1 aromatic heterocycles. The summed E-state index contributed by atoms with van der Waals surface area (Å²) in [7, 11) is 0. The topological polar surface area (TPSA) is 50.2 Å². The Kier molecular flexibility index (Phi) is 2.95. The van der Waals surface area contributed by atoms with Gasteiger partial charge in [0.2, 0.25) is 0 Å². The van der Waals surface area contributed by atoms with Crippen molar-refractivity contribution in [2.45, 2.75) is 24.0 Å². The van der Waals surface area contributed by atoms with Gasteiger partial charge in [0.15, 0.2) is 0 Å². The molecule has 0 bridgehead atoms. The third-order valence-electron chi connectivity index (χ3n) is 2.71. The molecule has 0 spiro atoms. The molecule has 1 aliphatic rings. The van der Waals surface area contributed by atoms with Crippen molar-refractivity contribution in [1.82, 2.24) is 4.98 Å². The second kappa shape index (κ2) is 4.23. The van der Waals surface area contributed by atoms with Crippen LogP contribution in [0, 0.1) is 0 Å². The van der Waals surface area contributed by atoms with E-state index in [1.807, 2.05) is 12.1 Å². The molecule has 1 saturated heterocycles. The highest BCUT2D eigenvalue weighted by molar-refractivity contribution is 8.01. The molecular formula is C11H13NO2S. The lowest BCUT2D eigenvalue weighted by atomic mass is 9.95. The van der Waals surface area contributed by atoms with E-state index in [4.69, 9.17) is 0 Å². The highest BCUT2D eigenvalue weighted by atomic mass is 32.2. The first-order valence-electron chi connectivity index (χ1n) is 4.99. The minimum atomic E-state index is -0.686. The van der Waals surface area contributed by atoms with E-state index in [2.05, 4.69) is 4.98 Å². The smallest absolute Gasteiger partial charge is 0.320 e. The average molecular weight is 223 g/mol. The number of rotatable bonds is 3. The Hall–Kier alpha value is -1.03. The summed E-state index contributed by atoms with van der Waals surface area (Å²) in [5, 5.41) is 9.28. The lowest BCUT2D eigenvalue weighted by Gasteiger charge is -2.22. The maximum Gasteiger partial charge on any atom is 0.320 e. The number of aromatic nitrogens is 1. The van der Waals surface area contributed by atoms with Crippen LogP contribution in [0.4, 0.5) is 0 Å². The molecule has 1 atom stereocenters. The highest BCUT2D eigenvalue weighted by Gasteiger charge is 2.42. The van der Waals surface area contributed by atoms with Crippen molar-refractivity contribution in [1.29, 1.82) is 0 Å². The van der Waals surface area contributed by atoms with Crippen LogP contribution in [0.2, 0.25) is 0 Å². The maximum absolute atomic E-state index is 11.3. The van der Waals surface area contributed by atoms with Crippen LogP contribution in [0.1, 0.15) is 18.4 Å². The second-order valence-electron chi connectivity index (χ2n) is 3.79. The molecule has 0 aromatic carbocycles. The molecule has 0 aliphatic carbocycles. The fourth-order valence-electron chi connectivity index (χ4n) is 1.91. The number of hydrogen-bond acceptors (Lipinski definition) is 3. The van der Waals surface area contributed by atoms with Gasteiger partial charge in [0.1, 0.15) is 4.75 Å². The summed E-state index contributed by atoms with van der Waals surface area (Å²) in [5.74, 6) is 0.265. The molecule has 0 saturated carbocycles. The number of thioether (sulfide) groups is 1. The average Bonchev–Trinajstić information content (AvgIpc) is 2.69. The van der Waals surface area contributed by atoms with Crippen molar-refractivity contribution >= 4 is 17.7 Å². The molecule has 4 heteroatoms. The van der Waals surface area contributed by atoms with Crippen LogP contribution in [-0.4, -0.2) is 26.6 Å². The van der Waals surface area contributed by atoms with Gasteiger partial charge in [-0.2, -0.15) is 0 Å². The molecule has 1 aliphatic heterocycles.